The first kappa shape index (κ1) is 23.1. The molecule has 31 heavy (non-hydrogen) atoms. The predicted octanol–water partition coefficient (Wildman–Crippen LogP) is 3.42. The number of carbonyl (C=O) groups is 1. The molecule has 1 saturated heterocycles. The Morgan fingerprint density at radius 1 is 1.13 bits per heavy atom. The molecule has 170 valence electrons. The van der Waals surface area contributed by atoms with E-state index in [1.807, 2.05) is 6.92 Å². The smallest absolute Gasteiger partial charge is 0.258 e. The molecule has 1 N–H and O–H groups in total. The zero-order valence-corrected chi connectivity index (χ0v) is 19.2. The highest BCUT2D eigenvalue weighted by atomic mass is 16.5. The second-order valence-corrected chi connectivity index (χ2v) is 8.09. The Labute approximate surface area is 184 Å². The molecular formula is C24H35N3O4. The SMILES string of the molecule is CC[C@@H]1CCCCN1CCCNC(=O)c1cn(CC)c(=O)c2cc(OC)c(OC)cc12. The molecule has 7 nitrogen and oxygen atoms in total. The number of nitrogens with one attached hydrogen (secondary N) is 1. The highest BCUT2D eigenvalue weighted by Crippen LogP contribution is 2.32. The number of fused-ring (bicyclic) bond motifs is 1. The summed E-state index contributed by atoms with van der Waals surface area (Å²) >= 11 is 0. The second kappa shape index (κ2) is 10.7. The quantitative estimate of drug-likeness (QED) is 0.619. The number of piperidine rings is 1. The minimum absolute atomic E-state index is 0.147. The Kier molecular flexibility index (Phi) is 7.96. The predicted molar refractivity (Wildman–Crippen MR) is 123 cm³/mol. The summed E-state index contributed by atoms with van der Waals surface area (Å²) in [5.41, 5.74) is 0.326. The Bertz CT molecular complexity index is 969. The van der Waals surface area contributed by atoms with Crippen molar-refractivity contribution in [1.29, 1.82) is 0 Å². The van der Waals surface area contributed by atoms with Crippen molar-refractivity contribution in [3.05, 3.63) is 34.2 Å². The van der Waals surface area contributed by atoms with E-state index < -0.39 is 0 Å². The first-order valence-corrected chi connectivity index (χ1v) is 11.3. The summed E-state index contributed by atoms with van der Waals surface area (Å²) < 4.78 is 12.3. The molecule has 1 aliphatic rings. The minimum Gasteiger partial charge on any atom is -0.493 e. The van der Waals surface area contributed by atoms with Gasteiger partial charge >= 0.3 is 0 Å². The molecule has 0 aliphatic carbocycles. The van der Waals surface area contributed by atoms with Gasteiger partial charge in [0, 0.05) is 37.3 Å². The summed E-state index contributed by atoms with van der Waals surface area (Å²) in [5, 5.41) is 4.07. The van der Waals surface area contributed by atoms with Crippen molar-refractivity contribution >= 4 is 16.7 Å². The van der Waals surface area contributed by atoms with E-state index in [4.69, 9.17) is 9.47 Å². The topological polar surface area (TPSA) is 72.8 Å². The van der Waals surface area contributed by atoms with Crippen LogP contribution in [0, 0.1) is 0 Å². The zero-order chi connectivity index (χ0) is 22.4. The normalized spacial score (nSPS) is 17.0. The third-order valence-corrected chi connectivity index (χ3v) is 6.30. The lowest BCUT2D eigenvalue weighted by molar-refractivity contribution is 0.0948. The van der Waals surface area contributed by atoms with E-state index in [1.165, 1.54) is 32.8 Å². The molecule has 0 saturated carbocycles. The number of benzene rings is 1. The van der Waals surface area contributed by atoms with Gasteiger partial charge in [0.15, 0.2) is 11.5 Å². The summed E-state index contributed by atoms with van der Waals surface area (Å²) in [4.78, 5) is 28.4. The highest BCUT2D eigenvalue weighted by molar-refractivity contribution is 6.07. The molecule has 0 unspecified atom stereocenters. The van der Waals surface area contributed by atoms with Gasteiger partial charge in [-0.1, -0.05) is 13.3 Å². The van der Waals surface area contributed by atoms with Crippen LogP contribution in [0.4, 0.5) is 0 Å². The van der Waals surface area contributed by atoms with Crippen LogP contribution in [-0.2, 0) is 6.54 Å². The average Bonchev–Trinajstić information content (AvgIpc) is 2.81. The first-order valence-electron chi connectivity index (χ1n) is 11.3. The monoisotopic (exact) mass is 429 g/mol. The minimum atomic E-state index is -0.176. The van der Waals surface area contributed by atoms with Gasteiger partial charge in [0.2, 0.25) is 0 Å². The van der Waals surface area contributed by atoms with E-state index in [9.17, 15) is 9.59 Å². The molecule has 3 rings (SSSR count). The van der Waals surface area contributed by atoms with Crippen molar-refractivity contribution in [3.63, 3.8) is 0 Å². The van der Waals surface area contributed by atoms with Crippen molar-refractivity contribution in [3.8, 4) is 11.5 Å². The summed E-state index contributed by atoms with van der Waals surface area (Å²) in [6.45, 7) is 7.38. The molecule has 0 spiro atoms. The van der Waals surface area contributed by atoms with E-state index in [-0.39, 0.29) is 11.5 Å². The van der Waals surface area contributed by atoms with Crippen LogP contribution >= 0.6 is 0 Å². The molecule has 0 radical (unpaired) electrons. The molecule has 1 amide bonds. The lowest BCUT2D eigenvalue weighted by Gasteiger charge is -2.35. The van der Waals surface area contributed by atoms with Gasteiger partial charge in [-0.15, -0.1) is 0 Å². The maximum Gasteiger partial charge on any atom is 0.258 e. The molecule has 2 aromatic rings. The van der Waals surface area contributed by atoms with Crippen molar-refractivity contribution in [2.45, 2.75) is 58.5 Å². The van der Waals surface area contributed by atoms with Crippen LogP contribution in [0.1, 0.15) is 56.3 Å². The van der Waals surface area contributed by atoms with Crippen LogP contribution in [0.3, 0.4) is 0 Å². The van der Waals surface area contributed by atoms with E-state index >= 15 is 0 Å². The van der Waals surface area contributed by atoms with Crippen LogP contribution in [0.5, 0.6) is 11.5 Å². The van der Waals surface area contributed by atoms with E-state index in [1.54, 1.807) is 30.0 Å². The van der Waals surface area contributed by atoms with Gasteiger partial charge in [-0.3, -0.25) is 9.59 Å². The van der Waals surface area contributed by atoms with Crippen molar-refractivity contribution in [2.75, 3.05) is 33.9 Å². The van der Waals surface area contributed by atoms with E-state index in [2.05, 4.69) is 17.1 Å². The van der Waals surface area contributed by atoms with Gasteiger partial charge in [-0.2, -0.15) is 0 Å². The molecule has 1 aromatic heterocycles. The molecule has 1 aromatic carbocycles. The van der Waals surface area contributed by atoms with Crippen LogP contribution in [0.15, 0.2) is 23.1 Å². The summed E-state index contributed by atoms with van der Waals surface area (Å²) in [6, 6.07) is 4.04. The second-order valence-electron chi connectivity index (χ2n) is 8.09. The molecule has 0 bridgehead atoms. The summed E-state index contributed by atoms with van der Waals surface area (Å²) in [5.74, 6) is 0.790. The maximum atomic E-state index is 13.1. The molecule has 1 atom stereocenters. The van der Waals surface area contributed by atoms with Gasteiger partial charge in [-0.25, -0.2) is 0 Å². The fraction of sp³-hybridized carbons (Fsp3) is 0.583. The molecule has 1 aliphatic heterocycles. The summed E-state index contributed by atoms with van der Waals surface area (Å²) in [7, 11) is 3.07. The molecule has 1 fully saturated rings. The number of methoxy groups -OCH3 is 2. The number of aryl methyl sites for hydroxylation is 1. The number of hydrogen-bond donors (Lipinski definition) is 1. The van der Waals surface area contributed by atoms with E-state index in [0.29, 0.717) is 47.0 Å². The number of ether oxygens (including phenoxy) is 2. The van der Waals surface area contributed by atoms with Gasteiger partial charge in [0.05, 0.1) is 25.2 Å². The lowest BCUT2D eigenvalue weighted by atomic mass is 10.00. The zero-order valence-electron chi connectivity index (χ0n) is 19.2. The number of likely N-dealkylation sites (tertiary alicyclic amines) is 1. The van der Waals surface area contributed by atoms with Crippen molar-refractivity contribution in [1.82, 2.24) is 14.8 Å². The van der Waals surface area contributed by atoms with Crippen LogP contribution in [-0.4, -0.2) is 55.3 Å². The molecule has 7 heteroatoms. The number of aromatic nitrogens is 1. The standard InChI is InChI=1S/C24H35N3O4/c1-5-17-10-7-8-12-27(17)13-9-11-25-23(28)20-16-26(6-2)24(29)19-15-22(31-4)21(30-3)14-18(19)20/h14-17H,5-13H2,1-4H3,(H,25,28)/t17-/m1/s1. The van der Waals surface area contributed by atoms with Crippen LogP contribution in [0.25, 0.3) is 10.8 Å². The average molecular weight is 430 g/mol. The fourth-order valence-corrected chi connectivity index (χ4v) is 4.53. The number of carbonyl (C=O) groups excluding carboxylic acids is 1. The Balaban J connectivity index is 1.78. The van der Waals surface area contributed by atoms with E-state index in [0.717, 1.165) is 19.5 Å². The van der Waals surface area contributed by atoms with Crippen molar-refractivity contribution in [2.24, 2.45) is 0 Å². The van der Waals surface area contributed by atoms with Gasteiger partial charge in [-0.05, 0) is 51.3 Å². The Morgan fingerprint density at radius 3 is 2.48 bits per heavy atom. The number of pyridine rings is 1. The Hall–Kier alpha value is -2.54. The highest BCUT2D eigenvalue weighted by Gasteiger charge is 2.21. The summed E-state index contributed by atoms with van der Waals surface area (Å²) in [6.07, 6.45) is 7.59. The number of nitrogens with zero attached hydrogens (tertiary/aromatic N) is 2. The molecule has 2 heterocycles. The van der Waals surface area contributed by atoms with Gasteiger partial charge < -0.3 is 24.3 Å². The first-order chi connectivity index (χ1) is 15.0. The largest absolute Gasteiger partial charge is 0.493 e. The fourth-order valence-electron chi connectivity index (χ4n) is 4.53. The third kappa shape index (κ3) is 5.03. The van der Waals surface area contributed by atoms with Crippen molar-refractivity contribution < 1.29 is 14.3 Å². The van der Waals surface area contributed by atoms with Gasteiger partial charge in [0.25, 0.3) is 11.5 Å². The number of amides is 1. The van der Waals surface area contributed by atoms with Crippen LogP contribution in [0.2, 0.25) is 0 Å². The Morgan fingerprint density at radius 2 is 1.84 bits per heavy atom. The van der Waals surface area contributed by atoms with Crippen LogP contribution < -0.4 is 20.3 Å². The molecular weight excluding hydrogens is 394 g/mol. The van der Waals surface area contributed by atoms with Gasteiger partial charge in [0.1, 0.15) is 0 Å². The number of hydrogen-bond acceptors (Lipinski definition) is 5. The number of rotatable bonds is 9. The third-order valence-electron chi connectivity index (χ3n) is 6.30. The lowest BCUT2D eigenvalue weighted by Crippen LogP contribution is -2.40. The maximum absolute atomic E-state index is 13.1.